The molecule has 0 bridgehead atoms. The third kappa shape index (κ3) is 2.81. The summed E-state index contributed by atoms with van der Waals surface area (Å²) in [5, 5.41) is 7.87. The predicted octanol–water partition coefficient (Wildman–Crippen LogP) is 2.10. The van der Waals surface area contributed by atoms with Crippen LogP contribution in [0.4, 0.5) is 0 Å². The van der Waals surface area contributed by atoms with Gasteiger partial charge >= 0.3 is 0 Å². The number of hydrogen-bond acceptors (Lipinski definition) is 3. The van der Waals surface area contributed by atoms with Gasteiger partial charge in [0.05, 0.1) is 5.52 Å². The molecule has 17 heavy (non-hydrogen) atoms. The highest BCUT2D eigenvalue weighted by Gasteiger charge is 2.08. The summed E-state index contributed by atoms with van der Waals surface area (Å²) < 4.78 is 0. The summed E-state index contributed by atoms with van der Waals surface area (Å²) >= 11 is 0. The van der Waals surface area contributed by atoms with Crippen molar-refractivity contribution in [1.29, 1.82) is 0 Å². The van der Waals surface area contributed by atoms with Crippen molar-refractivity contribution in [2.24, 2.45) is 0 Å². The van der Waals surface area contributed by atoms with Crippen molar-refractivity contribution in [1.82, 2.24) is 15.6 Å². The highest BCUT2D eigenvalue weighted by atomic mass is 14.9. The smallest absolute Gasteiger partial charge is 0.0705 e. The van der Waals surface area contributed by atoms with E-state index in [1.54, 1.807) is 0 Å². The van der Waals surface area contributed by atoms with Crippen LogP contribution in [0.3, 0.4) is 0 Å². The average molecular weight is 229 g/mol. The van der Waals surface area contributed by atoms with E-state index in [0.29, 0.717) is 6.04 Å². The number of fused-ring (bicyclic) bond motifs is 1. The van der Waals surface area contributed by atoms with Gasteiger partial charge in [0.2, 0.25) is 0 Å². The van der Waals surface area contributed by atoms with Crippen molar-refractivity contribution >= 4 is 10.9 Å². The maximum Gasteiger partial charge on any atom is 0.0705 e. The molecule has 0 amide bonds. The van der Waals surface area contributed by atoms with Gasteiger partial charge in [-0.3, -0.25) is 4.98 Å². The molecule has 0 saturated carbocycles. The van der Waals surface area contributed by atoms with Gasteiger partial charge in [0.1, 0.15) is 0 Å². The fourth-order valence-corrected chi connectivity index (χ4v) is 2.03. The normalized spacial score (nSPS) is 12.8. The number of nitrogens with one attached hydrogen (secondary N) is 2. The zero-order chi connectivity index (χ0) is 12.1. The topological polar surface area (TPSA) is 37.0 Å². The molecule has 1 heterocycles. The van der Waals surface area contributed by atoms with Crippen LogP contribution < -0.4 is 10.6 Å². The van der Waals surface area contributed by atoms with Crippen molar-refractivity contribution < 1.29 is 0 Å². The van der Waals surface area contributed by atoms with Crippen LogP contribution in [0.1, 0.15) is 18.5 Å². The number of pyridine rings is 1. The molecule has 3 heteroatoms. The fourth-order valence-electron chi connectivity index (χ4n) is 2.03. The van der Waals surface area contributed by atoms with E-state index >= 15 is 0 Å². The Morgan fingerprint density at radius 3 is 2.88 bits per heavy atom. The molecular formula is C14H19N3. The van der Waals surface area contributed by atoms with Gasteiger partial charge in [-0.05, 0) is 31.7 Å². The van der Waals surface area contributed by atoms with Crippen LogP contribution in [0.5, 0.6) is 0 Å². The van der Waals surface area contributed by atoms with E-state index in [-0.39, 0.29) is 0 Å². The number of likely N-dealkylation sites (N-methyl/N-ethyl adjacent to an activating group) is 1. The monoisotopic (exact) mass is 229 g/mol. The largest absolute Gasteiger partial charge is 0.318 e. The Morgan fingerprint density at radius 1 is 1.18 bits per heavy atom. The van der Waals surface area contributed by atoms with Gasteiger partial charge in [-0.2, -0.15) is 0 Å². The van der Waals surface area contributed by atoms with Gasteiger partial charge < -0.3 is 10.6 Å². The fraction of sp³-hybridized carbons (Fsp3) is 0.357. The van der Waals surface area contributed by atoms with Gasteiger partial charge in [0.15, 0.2) is 0 Å². The van der Waals surface area contributed by atoms with E-state index in [1.165, 1.54) is 10.9 Å². The number of hydrogen-bond donors (Lipinski definition) is 2. The highest BCUT2D eigenvalue weighted by Crippen LogP contribution is 2.22. The Morgan fingerprint density at radius 2 is 2.06 bits per heavy atom. The molecule has 0 radical (unpaired) electrons. The van der Waals surface area contributed by atoms with Gasteiger partial charge in [0, 0.05) is 30.7 Å². The number of rotatable bonds is 5. The minimum Gasteiger partial charge on any atom is -0.318 e. The quantitative estimate of drug-likeness (QED) is 0.771. The first kappa shape index (κ1) is 12.0. The minimum atomic E-state index is 0.344. The molecule has 0 aliphatic carbocycles. The van der Waals surface area contributed by atoms with E-state index in [2.05, 4.69) is 46.8 Å². The molecule has 0 aliphatic rings. The number of aromatic nitrogens is 1. The van der Waals surface area contributed by atoms with E-state index in [1.807, 2.05) is 19.3 Å². The lowest BCUT2D eigenvalue weighted by atomic mass is 10.0. The van der Waals surface area contributed by atoms with Crippen molar-refractivity contribution in [3.63, 3.8) is 0 Å². The van der Waals surface area contributed by atoms with Crippen molar-refractivity contribution in [3.8, 4) is 0 Å². The van der Waals surface area contributed by atoms with Crippen LogP contribution in [-0.2, 0) is 0 Å². The average Bonchev–Trinajstić information content (AvgIpc) is 2.38. The standard InChI is InChI=1S/C14H19N3/c1-11(16-10-9-15-2)12-5-3-7-14-13(12)6-4-8-17-14/h3-8,11,15-16H,9-10H2,1-2H3. The van der Waals surface area contributed by atoms with Crippen LogP contribution in [0, 0.1) is 0 Å². The van der Waals surface area contributed by atoms with Gasteiger partial charge in [-0.1, -0.05) is 18.2 Å². The first-order valence-electron chi connectivity index (χ1n) is 6.04. The summed E-state index contributed by atoms with van der Waals surface area (Å²) in [5.74, 6) is 0. The maximum absolute atomic E-state index is 4.38. The van der Waals surface area contributed by atoms with Crippen molar-refractivity contribution in [2.45, 2.75) is 13.0 Å². The maximum atomic E-state index is 4.38. The first-order chi connectivity index (χ1) is 8.33. The molecular weight excluding hydrogens is 210 g/mol. The molecule has 2 N–H and O–H groups in total. The van der Waals surface area contributed by atoms with Gasteiger partial charge in [0.25, 0.3) is 0 Å². The number of benzene rings is 1. The Labute approximate surface area is 102 Å². The third-order valence-electron chi connectivity index (χ3n) is 2.97. The van der Waals surface area contributed by atoms with E-state index in [9.17, 15) is 0 Å². The molecule has 1 aromatic heterocycles. The Kier molecular flexibility index (Phi) is 4.07. The third-order valence-corrected chi connectivity index (χ3v) is 2.97. The van der Waals surface area contributed by atoms with Crippen LogP contribution in [0.15, 0.2) is 36.5 Å². The molecule has 0 saturated heterocycles. The van der Waals surface area contributed by atoms with Gasteiger partial charge in [-0.25, -0.2) is 0 Å². The molecule has 1 aromatic carbocycles. The SMILES string of the molecule is CNCCNC(C)c1cccc2ncccc12. The molecule has 1 unspecified atom stereocenters. The van der Waals surface area contributed by atoms with Crippen LogP contribution >= 0.6 is 0 Å². The second-order valence-corrected chi connectivity index (χ2v) is 4.20. The Balaban J connectivity index is 2.22. The molecule has 2 rings (SSSR count). The van der Waals surface area contributed by atoms with E-state index in [0.717, 1.165) is 18.6 Å². The summed E-state index contributed by atoms with van der Waals surface area (Å²) in [7, 11) is 1.97. The highest BCUT2D eigenvalue weighted by molar-refractivity contribution is 5.82. The van der Waals surface area contributed by atoms with Crippen LogP contribution in [0.25, 0.3) is 10.9 Å². The molecule has 0 aliphatic heterocycles. The predicted molar refractivity (Wildman–Crippen MR) is 72.1 cm³/mol. The summed E-state index contributed by atoms with van der Waals surface area (Å²) in [4.78, 5) is 4.38. The lowest BCUT2D eigenvalue weighted by molar-refractivity contribution is 0.565. The van der Waals surface area contributed by atoms with Crippen LogP contribution in [0.2, 0.25) is 0 Å². The lowest BCUT2D eigenvalue weighted by Gasteiger charge is -2.16. The molecule has 0 spiro atoms. The molecule has 2 aromatic rings. The van der Waals surface area contributed by atoms with Crippen molar-refractivity contribution in [3.05, 3.63) is 42.1 Å². The van der Waals surface area contributed by atoms with Crippen LogP contribution in [-0.4, -0.2) is 25.1 Å². The summed E-state index contributed by atoms with van der Waals surface area (Å²) in [6.07, 6.45) is 1.84. The zero-order valence-corrected chi connectivity index (χ0v) is 10.4. The molecule has 3 nitrogen and oxygen atoms in total. The second-order valence-electron chi connectivity index (χ2n) is 4.20. The Hall–Kier alpha value is -1.45. The number of nitrogens with zero attached hydrogens (tertiary/aromatic N) is 1. The summed E-state index contributed by atoms with van der Waals surface area (Å²) in [6.45, 7) is 4.14. The lowest BCUT2D eigenvalue weighted by Crippen LogP contribution is -2.27. The molecule has 90 valence electrons. The van der Waals surface area contributed by atoms with E-state index < -0.39 is 0 Å². The first-order valence-corrected chi connectivity index (χ1v) is 6.04. The zero-order valence-electron chi connectivity index (χ0n) is 10.4. The van der Waals surface area contributed by atoms with Gasteiger partial charge in [-0.15, -0.1) is 0 Å². The van der Waals surface area contributed by atoms with E-state index in [4.69, 9.17) is 0 Å². The molecule has 1 atom stereocenters. The molecule has 0 fully saturated rings. The Bertz CT molecular complexity index is 476. The summed E-state index contributed by atoms with van der Waals surface area (Å²) in [5.41, 5.74) is 2.37. The van der Waals surface area contributed by atoms with Crippen molar-refractivity contribution in [2.75, 3.05) is 20.1 Å². The second kappa shape index (κ2) is 5.75. The summed E-state index contributed by atoms with van der Waals surface area (Å²) in [6, 6.07) is 10.8. The minimum absolute atomic E-state index is 0.344.